The molecule has 0 spiro atoms. The number of aliphatic hydroxyl groups excluding tert-OH is 4. The Bertz CT molecular complexity index is 5440. The lowest BCUT2D eigenvalue weighted by Crippen LogP contribution is -2.54. The molecule has 18 nitrogen and oxygen atoms in total. The van der Waals surface area contributed by atoms with E-state index in [1.54, 1.807) is 0 Å². The second-order valence-corrected chi connectivity index (χ2v) is 30.7. The molecule has 10 aromatic rings. The number of aromatic hydroxyl groups is 2. The van der Waals surface area contributed by atoms with Gasteiger partial charge in [0.1, 0.15) is 23.1 Å². The molecule has 0 fully saturated rings. The van der Waals surface area contributed by atoms with Gasteiger partial charge < -0.3 is 61.4 Å². The van der Waals surface area contributed by atoms with Crippen molar-refractivity contribution in [1.29, 1.82) is 0 Å². The molecule has 0 aromatic heterocycles. The van der Waals surface area contributed by atoms with Gasteiger partial charge in [0.2, 0.25) is 10.9 Å². The third-order valence-electron chi connectivity index (χ3n) is 24.2. The highest BCUT2D eigenvalue weighted by molar-refractivity contribution is 6.42. The zero-order valence-corrected chi connectivity index (χ0v) is 62.8. The molecular weight excluding hydrogens is 1320 g/mol. The zero-order valence-electron chi connectivity index (χ0n) is 62.8. The smallest absolute Gasteiger partial charge is 0.232 e. The third-order valence-corrected chi connectivity index (χ3v) is 24.2. The maximum Gasteiger partial charge on any atom is 0.232 e. The van der Waals surface area contributed by atoms with E-state index in [1.165, 1.54) is 52.3 Å². The fraction of sp³-hybridized carbons (Fsp3) is 0.471. The number of carbonyl (C=O) groups is 2. The molecule has 2 heterocycles. The number of phenols is 2. The SMILES string of the molecule is CCCCCCC1(CCCCCC)CNc2c(c3c(=O)cc(CO)c4c5c(CO)cc(O)c6c(=O)c(OC)c7c(c(c2C=C(C)C7C(C)=O)c34)c65)N1.CCCCCCC1(CCCCCC)Nc2c(c3c(=O)cc(CO)c4c5c(CO)cc(O)c6c(=O)c(OC)c7c(c(c2C=C(C)C7C(C)=O)c34)c65)NC1C. The number of unbranched alkanes of at least 4 members (excludes halogenated alkanes) is 12. The number of ether oxygens (including phenoxy) is 2. The van der Waals surface area contributed by atoms with Crippen LogP contribution in [-0.4, -0.2) is 80.1 Å². The van der Waals surface area contributed by atoms with Crippen molar-refractivity contribution in [2.24, 2.45) is 0 Å². The van der Waals surface area contributed by atoms with Gasteiger partial charge in [-0.1, -0.05) is 154 Å². The lowest BCUT2D eigenvalue weighted by Gasteiger charge is -2.47. The summed E-state index contributed by atoms with van der Waals surface area (Å²) in [4.78, 5) is 85.3. The van der Waals surface area contributed by atoms with E-state index in [9.17, 15) is 59.4 Å². The predicted octanol–water partition coefficient (Wildman–Crippen LogP) is 16.8. The Labute approximate surface area is 611 Å². The van der Waals surface area contributed by atoms with Gasteiger partial charge in [0.15, 0.2) is 22.4 Å². The molecule has 18 heteroatoms. The van der Waals surface area contributed by atoms with Gasteiger partial charge in [0, 0.05) is 67.2 Å². The summed E-state index contributed by atoms with van der Waals surface area (Å²) in [5, 5.41) is 89.2. The van der Waals surface area contributed by atoms with Crippen LogP contribution < -0.4 is 52.5 Å². The number of Topliss-reactive ketones (excluding diaryl/α,β-unsaturated/α-hetero) is 2. The Balaban J connectivity index is 0.000000186. The molecule has 14 rings (SSSR count). The average Bonchev–Trinajstić information content (AvgIpc) is 1.65. The summed E-state index contributed by atoms with van der Waals surface area (Å²) in [5.41, 5.74) is 5.72. The number of hydrogen-bond acceptors (Lipinski definition) is 18. The second-order valence-electron chi connectivity index (χ2n) is 30.7. The van der Waals surface area contributed by atoms with Gasteiger partial charge in [-0.25, -0.2) is 0 Å². The van der Waals surface area contributed by atoms with Crippen LogP contribution >= 0.6 is 0 Å². The third kappa shape index (κ3) is 11.7. The van der Waals surface area contributed by atoms with Crippen LogP contribution in [0.4, 0.5) is 22.7 Å². The maximum atomic E-state index is 14.5. The van der Waals surface area contributed by atoms with E-state index in [4.69, 9.17) is 9.47 Å². The number of rotatable bonds is 28. The molecule has 554 valence electrons. The van der Waals surface area contributed by atoms with Gasteiger partial charge >= 0.3 is 0 Å². The Kier molecular flexibility index (Phi) is 20.8. The van der Waals surface area contributed by atoms with Gasteiger partial charge in [0.05, 0.1) is 108 Å². The van der Waals surface area contributed by atoms with Crippen molar-refractivity contribution in [3.05, 3.63) is 121 Å². The predicted molar refractivity (Wildman–Crippen MR) is 426 cm³/mol. The molecule has 0 saturated heterocycles. The summed E-state index contributed by atoms with van der Waals surface area (Å²) in [5.74, 6) is -2.80. The minimum Gasteiger partial charge on any atom is -0.507 e. The number of ketones is 2. The van der Waals surface area contributed by atoms with Crippen LogP contribution in [0.1, 0.15) is 247 Å². The number of benzene rings is 10. The highest BCUT2D eigenvalue weighted by Gasteiger charge is 2.45. The molecule has 0 saturated carbocycles. The first kappa shape index (κ1) is 74.3. The Morgan fingerprint density at radius 1 is 0.448 bits per heavy atom. The molecule has 105 heavy (non-hydrogen) atoms. The zero-order chi connectivity index (χ0) is 75.0. The van der Waals surface area contributed by atoms with E-state index in [2.05, 4.69) is 55.9 Å². The molecule has 10 N–H and O–H groups in total. The van der Waals surface area contributed by atoms with Gasteiger partial charge in [-0.3, -0.25) is 28.8 Å². The van der Waals surface area contributed by atoms with Crippen LogP contribution in [0.2, 0.25) is 0 Å². The fourth-order valence-corrected chi connectivity index (χ4v) is 19.4. The summed E-state index contributed by atoms with van der Waals surface area (Å²) in [6.45, 7) is 16.6. The molecule has 2 aliphatic carbocycles. The number of methoxy groups -OCH3 is 2. The normalized spacial score (nSPS) is 17.0. The fourth-order valence-electron chi connectivity index (χ4n) is 19.4. The van der Waals surface area contributed by atoms with Gasteiger partial charge in [-0.2, -0.15) is 0 Å². The number of aliphatic hydroxyl groups is 4. The molecular formula is C87H102N4O14. The van der Waals surface area contributed by atoms with E-state index in [0.29, 0.717) is 138 Å². The topological polar surface area (TPSA) is 290 Å². The minimum atomic E-state index is -0.861. The van der Waals surface area contributed by atoms with Crippen molar-refractivity contribution in [1.82, 2.24) is 0 Å². The quantitative estimate of drug-likeness (QED) is 0.0124. The van der Waals surface area contributed by atoms with Gasteiger partial charge in [-0.15, -0.1) is 0 Å². The standard InChI is InChI=1S/C44H52N2O7.C43H50N2O7/c1-7-9-11-13-15-44(16-14-12-10-8-2)24(5)45-41-34-28(50)18-25(20-47)31-32-26(21-48)19-29(51)35-37(32)38-33(36(31)34)27(40(41)46-44)17-22(3)30(23(4)49)39(38)43(53-6)42(35)52;1-6-8-10-12-14-43(15-13-11-9-7-2)21-44-39-26-16-22(3)29(23(4)48)38-37-32(26)35-30(24(19-46)17-27(49)33(35)40(39)45-43)31-25(20-47)18-28(50)34(36(31)37)41(51)42(38)52-5/h17-19,24,30,45-48,51H,7-16,20-21H2,1-6H3;16-18,29,44-47,50H,6-15,19-21H2,1-5H3. The second kappa shape index (κ2) is 29.4. The summed E-state index contributed by atoms with van der Waals surface area (Å²) in [6, 6.07) is 5.64. The number of carbonyl (C=O) groups excluding carboxylic acids is 2. The molecule has 3 atom stereocenters. The molecule has 4 aliphatic rings. The van der Waals surface area contributed by atoms with E-state index >= 15 is 0 Å². The largest absolute Gasteiger partial charge is 0.507 e. The van der Waals surface area contributed by atoms with E-state index in [-0.39, 0.29) is 73.3 Å². The van der Waals surface area contributed by atoms with Crippen LogP contribution in [0, 0.1) is 0 Å². The van der Waals surface area contributed by atoms with E-state index in [1.807, 2.05) is 26.0 Å². The van der Waals surface area contributed by atoms with Gasteiger partial charge in [-0.05, 0) is 139 Å². The van der Waals surface area contributed by atoms with Crippen molar-refractivity contribution in [3.8, 4) is 23.0 Å². The first-order chi connectivity index (χ1) is 50.6. The van der Waals surface area contributed by atoms with Crippen LogP contribution in [0.3, 0.4) is 0 Å². The monoisotopic (exact) mass is 1430 g/mol. The maximum absolute atomic E-state index is 14.5. The Hall–Kier alpha value is -8.94. The minimum absolute atomic E-state index is 0.00600. The first-order valence-electron chi connectivity index (χ1n) is 38.4. The summed E-state index contributed by atoms with van der Waals surface area (Å²) in [6.07, 6.45) is 25.6. The van der Waals surface area contributed by atoms with Gasteiger partial charge in [0.25, 0.3) is 0 Å². The lowest BCUT2D eigenvalue weighted by molar-refractivity contribution is -0.118. The number of hydrogen-bond donors (Lipinski definition) is 10. The Morgan fingerprint density at radius 3 is 1.20 bits per heavy atom. The summed E-state index contributed by atoms with van der Waals surface area (Å²) in [7, 11) is 2.78. The molecule has 3 unspecified atom stereocenters. The molecule has 0 bridgehead atoms. The summed E-state index contributed by atoms with van der Waals surface area (Å²) < 4.78 is 11.7. The van der Waals surface area contributed by atoms with Crippen molar-refractivity contribution in [2.75, 3.05) is 42.0 Å². The van der Waals surface area contributed by atoms with Crippen LogP contribution in [0.5, 0.6) is 23.0 Å². The number of nitrogens with one attached hydrogen (secondary N) is 4. The number of allylic oxidation sites excluding steroid dienone is 2. The first-order valence-corrected chi connectivity index (χ1v) is 38.4. The van der Waals surface area contributed by atoms with Crippen LogP contribution in [0.25, 0.3) is 98.3 Å². The lowest BCUT2D eigenvalue weighted by atomic mass is 9.76. The highest BCUT2D eigenvalue weighted by Crippen LogP contribution is 2.59. The Morgan fingerprint density at radius 2 is 0.819 bits per heavy atom. The molecule has 2 aliphatic heterocycles. The van der Waals surface area contributed by atoms with Crippen molar-refractivity contribution in [2.45, 2.75) is 246 Å². The van der Waals surface area contributed by atoms with Crippen molar-refractivity contribution < 1.29 is 49.7 Å². The average molecular weight is 1430 g/mol. The summed E-state index contributed by atoms with van der Waals surface area (Å²) >= 11 is 0. The van der Waals surface area contributed by atoms with E-state index < -0.39 is 49.1 Å². The number of fused-ring (bicyclic) bond motifs is 8. The molecule has 0 radical (unpaired) electrons. The number of anilines is 4. The van der Waals surface area contributed by atoms with Crippen molar-refractivity contribution >= 4 is 133 Å². The van der Waals surface area contributed by atoms with Crippen LogP contribution in [0.15, 0.2) is 54.6 Å². The molecule has 10 aromatic carbocycles. The van der Waals surface area contributed by atoms with E-state index in [0.717, 1.165) is 151 Å². The van der Waals surface area contributed by atoms with Crippen molar-refractivity contribution in [3.63, 3.8) is 0 Å². The molecule has 0 amide bonds. The highest BCUT2D eigenvalue weighted by atomic mass is 16.5. The van der Waals surface area contributed by atoms with Crippen LogP contribution in [-0.2, 0) is 36.0 Å². The number of phenolic OH excluding ortho intramolecular Hbond substituents is 2.